The highest BCUT2D eigenvalue weighted by Gasteiger charge is 2.26. The fraction of sp³-hybridized carbons (Fsp3) is 0.545. The molecule has 1 aromatic heterocycles. The molecule has 1 fully saturated rings. The Kier molecular flexibility index (Phi) is 4.00. The predicted octanol–water partition coefficient (Wildman–Crippen LogP) is 2.57. The zero-order valence-electron chi connectivity index (χ0n) is 8.91. The van der Waals surface area contributed by atoms with Crippen molar-refractivity contribution in [3.8, 4) is 0 Å². The zero-order chi connectivity index (χ0) is 11.5. The minimum absolute atomic E-state index is 0.296. The van der Waals surface area contributed by atoms with Crippen molar-refractivity contribution in [3.63, 3.8) is 0 Å². The summed E-state index contributed by atoms with van der Waals surface area (Å²) in [5.74, 6) is -0.296. The van der Waals surface area contributed by atoms with Gasteiger partial charge < -0.3 is 5.73 Å². The van der Waals surface area contributed by atoms with E-state index in [1.807, 2.05) is 11.4 Å². The lowest BCUT2D eigenvalue weighted by Crippen LogP contribution is -2.38. The third-order valence-electron chi connectivity index (χ3n) is 2.95. The lowest BCUT2D eigenvalue weighted by atomic mass is 10.1. The van der Waals surface area contributed by atoms with E-state index in [-0.39, 0.29) is 11.9 Å². The van der Waals surface area contributed by atoms with Crippen LogP contribution in [0.3, 0.4) is 0 Å². The maximum Gasteiger partial charge on any atom is 0.240 e. The van der Waals surface area contributed by atoms with Crippen molar-refractivity contribution in [2.75, 3.05) is 0 Å². The summed E-state index contributed by atoms with van der Waals surface area (Å²) < 4.78 is 0.965. The molecule has 0 aromatic carbocycles. The molecule has 1 aromatic rings. The number of amides is 1. The number of nitrogens with one attached hydrogen (secondary N) is 1. The molecule has 3 N–H and O–H groups in total. The van der Waals surface area contributed by atoms with E-state index in [9.17, 15) is 4.79 Å². The van der Waals surface area contributed by atoms with Crippen molar-refractivity contribution in [1.82, 2.24) is 5.32 Å². The van der Waals surface area contributed by atoms with Crippen molar-refractivity contribution >= 4 is 33.2 Å². The third-order valence-corrected chi connectivity index (χ3v) is 4.88. The Morgan fingerprint density at radius 3 is 2.75 bits per heavy atom. The van der Waals surface area contributed by atoms with Crippen molar-refractivity contribution in [2.45, 2.75) is 37.8 Å². The minimum atomic E-state index is -0.350. The molecule has 2 rings (SSSR count). The summed E-state index contributed by atoms with van der Waals surface area (Å²) in [6.45, 7) is 0. The van der Waals surface area contributed by atoms with Crippen LogP contribution in [0.25, 0.3) is 0 Å². The molecule has 16 heavy (non-hydrogen) atoms. The normalized spacial score (nSPS) is 18.8. The van der Waals surface area contributed by atoms with Crippen LogP contribution in [0.4, 0.5) is 0 Å². The van der Waals surface area contributed by atoms with Gasteiger partial charge in [0.05, 0.1) is 0 Å². The first-order valence-electron chi connectivity index (χ1n) is 5.46. The summed E-state index contributed by atoms with van der Waals surface area (Å²) in [5.41, 5.74) is 5.46. The molecule has 0 radical (unpaired) electrons. The van der Waals surface area contributed by atoms with E-state index >= 15 is 0 Å². The Hall–Kier alpha value is -0.390. The standard InChI is InChI=1S/C11H15BrN2OS/c12-8-5-6-16-10(8)9(11(13)15)14-7-3-1-2-4-7/h5-7,9,14H,1-4H2,(H2,13,15). The first-order chi connectivity index (χ1) is 7.68. The highest BCUT2D eigenvalue weighted by atomic mass is 79.9. The summed E-state index contributed by atoms with van der Waals surface area (Å²) in [6, 6.07) is 2.04. The van der Waals surface area contributed by atoms with Crippen LogP contribution in [0.15, 0.2) is 15.9 Å². The van der Waals surface area contributed by atoms with Gasteiger partial charge in [0.2, 0.25) is 5.91 Å². The largest absolute Gasteiger partial charge is 0.368 e. The summed E-state index contributed by atoms with van der Waals surface area (Å²) in [7, 11) is 0. The summed E-state index contributed by atoms with van der Waals surface area (Å²) in [5, 5.41) is 5.33. The fourth-order valence-electron chi connectivity index (χ4n) is 2.13. The van der Waals surface area contributed by atoms with Crippen LogP contribution in [-0.2, 0) is 4.79 Å². The summed E-state index contributed by atoms with van der Waals surface area (Å²) in [4.78, 5) is 12.5. The number of hydrogen-bond acceptors (Lipinski definition) is 3. The summed E-state index contributed by atoms with van der Waals surface area (Å²) >= 11 is 5.01. The number of halogens is 1. The van der Waals surface area contributed by atoms with E-state index in [4.69, 9.17) is 5.73 Å². The molecule has 0 saturated heterocycles. The maximum atomic E-state index is 11.5. The molecule has 1 aliphatic carbocycles. The molecular weight excluding hydrogens is 288 g/mol. The van der Waals surface area contributed by atoms with Crippen LogP contribution >= 0.6 is 27.3 Å². The van der Waals surface area contributed by atoms with Gasteiger partial charge in [-0.1, -0.05) is 12.8 Å². The van der Waals surface area contributed by atoms with Gasteiger partial charge in [-0.25, -0.2) is 0 Å². The van der Waals surface area contributed by atoms with Crippen LogP contribution in [0.5, 0.6) is 0 Å². The van der Waals surface area contributed by atoms with E-state index in [1.165, 1.54) is 12.8 Å². The number of rotatable bonds is 4. The van der Waals surface area contributed by atoms with Gasteiger partial charge >= 0.3 is 0 Å². The fourth-order valence-corrected chi connectivity index (χ4v) is 3.79. The molecule has 0 aliphatic heterocycles. The lowest BCUT2D eigenvalue weighted by Gasteiger charge is -2.19. The Balaban J connectivity index is 2.11. The number of thiophene rings is 1. The first kappa shape index (κ1) is 12.1. The van der Waals surface area contributed by atoms with Gasteiger partial charge in [-0.2, -0.15) is 0 Å². The van der Waals surface area contributed by atoms with Gasteiger partial charge in [0.15, 0.2) is 0 Å². The van der Waals surface area contributed by atoms with Gasteiger partial charge in [-0.3, -0.25) is 10.1 Å². The van der Waals surface area contributed by atoms with Gasteiger partial charge in [-0.05, 0) is 40.2 Å². The molecule has 1 unspecified atom stereocenters. The second-order valence-electron chi connectivity index (χ2n) is 4.12. The second kappa shape index (κ2) is 5.29. The number of hydrogen-bond donors (Lipinski definition) is 2. The van der Waals surface area contributed by atoms with E-state index in [1.54, 1.807) is 11.3 Å². The predicted molar refractivity (Wildman–Crippen MR) is 69.3 cm³/mol. The number of primary amides is 1. The summed E-state index contributed by atoms with van der Waals surface area (Å²) in [6.07, 6.45) is 4.78. The van der Waals surface area contributed by atoms with E-state index in [0.717, 1.165) is 22.2 Å². The van der Waals surface area contributed by atoms with Crippen molar-refractivity contribution < 1.29 is 4.79 Å². The van der Waals surface area contributed by atoms with E-state index in [0.29, 0.717) is 6.04 Å². The highest BCUT2D eigenvalue weighted by Crippen LogP contribution is 2.30. The molecule has 0 spiro atoms. The van der Waals surface area contributed by atoms with Crippen LogP contribution in [0.2, 0.25) is 0 Å². The Labute approximate surface area is 108 Å². The van der Waals surface area contributed by atoms with E-state index in [2.05, 4.69) is 21.2 Å². The third kappa shape index (κ3) is 2.64. The average Bonchev–Trinajstić information content (AvgIpc) is 2.85. The molecule has 1 atom stereocenters. The second-order valence-corrected chi connectivity index (χ2v) is 5.92. The zero-order valence-corrected chi connectivity index (χ0v) is 11.3. The molecule has 1 amide bonds. The number of nitrogens with two attached hydrogens (primary N) is 1. The van der Waals surface area contributed by atoms with Crippen molar-refractivity contribution in [3.05, 3.63) is 20.8 Å². The Bertz CT molecular complexity index is 374. The SMILES string of the molecule is NC(=O)C(NC1CCCC1)c1sccc1Br. The maximum absolute atomic E-state index is 11.5. The van der Waals surface area contributed by atoms with E-state index < -0.39 is 0 Å². The molecule has 88 valence electrons. The van der Waals surface area contributed by atoms with Crippen LogP contribution in [0, 0.1) is 0 Å². The van der Waals surface area contributed by atoms with Gasteiger partial charge in [0.25, 0.3) is 0 Å². The van der Waals surface area contributed by atoms with Gasteiger partial charge in [0.1, 0.15) is 6.04 Å². The smallest absolute Gasteiger partial charge is 0.240 e. The molecule has 1 aliphatic rings. The molecule has 0 bridgehead atoms. The van der Waals surface area contributed by atoms with Crippen LogP contribution < -0.4 is 11.1 Å². The molecule has 1 saturated carbocycles. The van der Waals surface area contributed by atoms with Crippen molar-refractivity contribution in [2.24, 2.45) is 5.73 Å². The molecule has 1 heterocycles. The number of carbonyl (C=O) groups excluding carboxylic acids is 1. The monoisotopic (exact) mass is 302 g/mol. The van der Waals surface area contributed by atoms with Gasteiger partial charge in [-0.15, -0.1) is 11.3 Å². The van der Waals surface area contributed by atoms with Gasteiger partial charge in [0, 0.05) is 15.4 Å². The molecular formula is C11H15BrN2OS. The topological polar surface area (TPSA) is 55.1 Å². The quantitative estimate of drug-likeness (QED) is 0.898. The minimum Gasteiger partial charge on any atom is -0.368 e. The van der Waals surface area contributed by atoms with Crippen molar-refractivity contribution in [1.29, 1.82) is 0 Å². The van der Waals surface area contributed by atoms with Crippen LogP contribution in [-0.4, -0.2) is 11.9 Å². The first-order valence-corrected chi connectivity index (χ1v) is 7.14. The Morgan fingerprint density at radius 2 is 2.25 bits per heavy atom. The lowest BCUT2D eigenvalue weighted by molar-refractivity contribution is -0.120. The Morgan fingerprint density at radius 1 is 1.56 bits per heavy atom. The van der Waals surface area contributed by atoms with Crippen LogP contribution in [0.1, 0.15) is 36.6 Å². The number of carbonyl (C=O) groups is 1. The highest BCUT2D eigenvalue weighted by molar-refractivity contribution is 9.10. The molecule has 3 nitrogen and oxygen atoms in total. The average molecular weight is 303 g/mol. The molecule has 5 heteroatoms.